The first-order chi connectivity index (χ1) is 45.3. The summed E-state index contributed by atoms with van der Waals surface area (Å²) in [6.45, 7) is 33.4. The van der Waals surface area contributed by atoms with Gasteiger partial charge < -0.3 is 28.4 Å². The van der Waals surface area contributed by atoms with Gasteiger partial charge in [-0.25, -0.2) is 29.4 Å². The van der Waals surface area contributed by atoms with Crippen LogP contribution >= 0.6 is 0 Å². The Morgan fingerprint density at radius 1 is 0.479 bits per heavy atom. The molecule has 0 aromatic carbocycles. The zero-order valence-electron chi connectivity index (χ0n) is 56.4. The summed E-state index contributed by atoms with van der Waals surface area (Å²) in [5.74, 6) is 0.495. The van der Waals surface area contributed by atoms with Gasteiger partial charge in [0.25, 0.3) is 16.7 Å². The van der Waals surface area contributed by atoms with E-state index in [2.05, 4.69) is 123 Å². The van der Waals surface area contributed by atoms with Gasteiger partial charge in [-0.15, -0.1) is 0 Å². The molecule has 2 atom stereocenters. The van der Waals surface area contributed by atoms with E-state index in [4.69, 9.17) is 15.0 Å². The SMILES string of the molecule is CCN1CCC(c2cc(C)c3nc(-c4cc5c(C)nc(C)cn5n4)cc(=O)n3c2)CC1.CCc1cc(-c2cc(=O)n3cc(N4CCN(C)[C@H](C)C4)ccc3n2)cn2cc(C)nc12.CCc1cc(-c2cc(=O)n3cc(N4CCN(CC)[C@H](C)C4)ccc3n2)cn2cc(C)nc12. The van der Waals surface area contributed by atoms with Gasteiger partial charge in [0.2, 0.25) is 0 Å². The Kier molecular flexibility index (Phi) is 17.6. The highest BCUT2D eigenvalue weighted by Gasteiger charge is 2.26. The van der Waals surface area contributed by atoms with Crippen molar-refractivity contribution in [3.8, 4) is 33.9 Å². The molecular weight excluding hydrogens is 1180 g/mol. The lowest BCUT2D eigenvalue weighted by Gasteiger charge is -2.40. The fourth-order valence-corrected chi connectivity index (χ4v) is 14.0. The highest BCUT2D eigenvalue weighted by Crippen LogP contribution is 2.31. The van der Waals surface area contributed by atoms with E-state index in [1.54, 1.807) is 31.4 Å². The molecule has 0 spiro atoms. The first-order valence-corrected chi connectivity index (χ1v) is 33.4. The third-order valence-corrected chi connectivity index (χ3v) is 19.5. The van der Waals surface area contributed by atoms with Crippen LogP contribution in [0.3, 0.4) is 0 Å². The molecule has 15 rings (SSSR count). The number of piperidine rings is 1. The second-order valence-corrected chi connectivity index (χ2v) is 26.0. The van der Waals surface area contributed by atoms with Gasteiger partial charge in [0.05, 0.1) is 62.9 Å². The number of fused-ring (bicyclic) bond motifs is 6. The molecule has 0 unspecified atom stereocenters. The molecule has 3 fully saturated rings. The van der Waals surface area contributed by atoms with Gasteiger partial charge in [-0.1, -0.05) is 33.8 Å². The van der Waals surface area contributed by atoms with Crippen LogP contribution in [-0.2, 0) is 12.8 Å². The molecular formula is C73H86N18O3. The van der Waals surface area contributed by atoms with Crippen molar-refractivity contribution in [1.29, 1.82) is 0 Å². The molecule has 15 heterocycles. The lowest BCUT2D eigenvalue weighted by molar-refractivity contribution is 0.199. The quantitative estimate of drug-likeness (QED) is 0.126. The van der Waals surface area contributed by atoms with E-state index in [1.807, 2.05) is 116 Å². The second-order valence-electron chi connectivity index (χ2n) is 26.0. The topological polar surface area (TPSA) is 184 Å². The molecule has 3 aliphatic rings. The maximum absolute atomic E-state index is 13.1. The molecule has 94 heavy (non-hydrogen) atoms. The standard InChI is InChI=1S/C25H30N6O.2C24H28N6O/c1-5-19-11-20(15-30-13-17(3)26-25(19)30)22-12-24(32)31-16-21(7-8-23(31)27-22)29-10-9-28(6-2)18(4)14-29;1-5-28-8-6-18(7-9-28)19-10-15(2)24-26-20(12-23(31)29(24)14-19)21-11-22-17(4)25-16(3)13-30(22)27-21;1-5-18-10-19(14-29-12-16(2)25-24(18)29)21-11-23(31)30-15-20(6-7-22(30)26-21)28-9-8-27(4)17(3)13-28/h7-8,11-13,15-16,18H,5-6,9-10,14H2,1-4H3;10-14,18H,5-9H2,1-4H3;6-7,10-12,14-15,17H,5,8-9,13H2,1-4H3/t18-;;17-/m1.1/s1. The fraction of sp³-hybridized carbons (Fsp3) is 0.397. The highest BCUT2D eigenvalue weighted by molar-refractivity contribution is 5.70. The average molecular weight is 1260 g/mol. The normalized spacial score (nSPS) is 17.0. The summed E-state index contributed by atoms with van der Waals surface area (Å²) in [6.07, 6.45) is 19.8. The zero-order valence-corrected chi connectivity index (χ0v) is 56.4. The Morgan fingerprint density at radius 3 is 1.56 bits per heavy atom. The lowest BCUT2D eigenvalue weighted by atomic mass is 9.90. The Hall–Kier alpha value is -9.44. The Morgan fingerprint density at radius 2 is 1.02 bits per heavy atom. The van der Waals surface area contributed by atoms with Crippen LogP contribution in [0.5, 0.6) is 0 Å². The van der Waals surface area contributed by atoms with Crippen molar-refractivity contribution >= 4 is 45.1 Å². The molecule has 0 N–H and O–H groups in total. The molecule has 21 nitrogen and oxygen atoms in total. The number of likely N-dealkylation sites (N-methyl/N-ethyl adjacent to an activating group) is 2. The Labute approximate surface area is 547 Å². The maximum Gasteiger partial charge on any atom is 0.258 e. The molecule has 0 radical (unpaired) electrons. The molecule has 3 aliphatic heterocycles. The number of rotatable bonds is 10. The number of aryl methyl sites for hydroxylation is 7. The maximum atomic E-state index is 13.1. The van der Waals surface area contributed by atoms with Crippen molar-refractivity contribution in [2.45, 2.75) is 120 Å². The van der Waals surface area contributed by atoms with Crippen molar-refractivity contribution in [3.63, 3.8) is 0 Å². The summed E-state index contributed by atoms with van der Waals surface area (Å²) >= 11 is 0. The number of nitrogens with zero attached hydrogens (tertiary/aromatic N) is 18. The van der Waals surface area contributed by atoms with E-state index >= 15 is 0 Å². The third-order valence-electron chi connectivity index (χ3n) is 19.5. The smallest absolute Gasteiger partial charge is 0.258 e. The van der Waals surface area contributed by atoms with E-state index in [0.717, 1.165) is 170 Å². The largest absolute Gasteiger partial charge is 0.367 e. The summed E-state index contributed by atoms with van der Waals surface area (Å²) in [4.78, 5) is 79.4. The van der Waals surface area contributed by atoms with Gasteiger partial charge in [-0.05, 0) is 178 Å². The zero-order chi connectivity index (χ0) is 65.8. The fourth-order valence-electron chi connectivity index (χ4n) is 14.0. The average Bonchev–Trinajstić information content (AvgIpc) is 1.20. The molecule has 0 saturated carbocycles. The van der Waals surface area contributed by atoms with Crippen molar-refractivity contribution in [2.24, 2.45) is 0 Å². The highest BCUT2D eigenvalue weighted by atomic mass is 16.1. The number of piperazine rings is 2. The predicted octanol–water partition coefficient (Wildman–Crippen LogP) is 9.96. The predicted molar refractivity (Wildman–Crippen MR) is 374 cm³/mol. The minimum atomic E-state index is -0.0703. The van der Waals surface area contributed by atoms with Crippen LogP contribution in [0, 0.1) is 34.6 Å². The van der Waals surface area contributed by atoms with Crippen LogP contribution in [0.2, 0.25) is 0 Å². The van der Waals surface area contributed by atoms with Crippen molar-refractivity contribution in [1.82, 2.24) is 76.2 Å². The Bertz CT molecular complexity index is 5030. The molecule has 0 bridgehead atoms. The molecule has 12 aromatic rings. The molecule has 3 saturated heterocycles. The first-order valence-electron chi connectivity index (χ1n) is 33.4. The molecule has 486 valence electrons. The van der Waals surface area contributed by atoms with Gasteiger partial charge in [0.1, 0.15) is 33.9 Å². The molecule has 0 aliphatic carbocycles. The summed E-state index contributed by atoms with van der Waals surface area (Å²) in [6, 6.07) is 22.3. The molecule has 21 heteroatoms. The van der Waals surface area contributed by atoms with Crippen LogP contribution in [-0.4, -0.2) is 161 Å². The number of hydrogen-bond donors (Lipinski definition) is 0. The minimum Gasteiger partial charge on any atom is -0.367 e. The monoisotopic (exact) mass is 1260 g/mol. The summed E-state index contributed by atoms with van der Waals surface area (Å²) in [7, 11) is 2.16. The van der Waals surface area contributed by atoms with Crippen molar-refractivity contribution in [2.75, 3.05) is 82.3 Å². The van der Waals surface area contributed by atoms with E-state index in [-0.39, 0.29) is 16.7 Å². The van der Waals surface area contributed by atoms with E-state index in [9.17, 15) is 14.4 Å². The van der Waals surface area contributed by atoms with Crippen molar-refractivity contribution < 1.29 is 0 Å². The van der Waals surface area contributed by atoms with Crippen LogP contribution in [0.15, 0.2) is 131 Å². The molecule has 0 amide bonds. The summed E-state index contributed by atoms with van der Waals surface area (Å²) in [5.41, 5.74) is 19.6. The number of anilines is 2. The van der Waals surface area contributed by atoms with Crippen molar-refractivity contribution in [3.05, 3.63) is 192 Å². The number of pyridine rings is 5. The number of imidazole rings is 2. The summed E-state index contributed by atoms with van der Waals surface area (Å²) in [5, 5.41) is 4.65. The number of hydrogen-bond acceptors (Lipinski definition) is 15. The number of aromatic nitrogens is 13. The van der Waals surface area contributed by atoms with Crippen LogP contribution in [0.1, 0.15) is 105 Å². The first kappa shape index (κ1) is 63.3. The minimum absolute atomic E-state index is 0.0629. The van der Waals surface area contributed by atoms with Crippen LogP contribution in [0.25, 0.3) is 67.7 Å². The van der Waals surface area contributed by atoms with Gasteiger partial charge in [0.15, 0.2) is 0 Å². The Balaban J connectivity index is 0.000000128. The van der Waals surface area contributed by atoms with E-state index < -0.39 is 0 Å². The van der Waals surface area contributed by atoms with Gasteiger partial charge >= 0.3 is 0 Å². The van der Waals surface area contributed by atoms with Gasteiger partial charge in [-0.3, -0.25) is 37.5 Å². The third kappa shape index (κ3) is 12.6. The molecule has 12 aromatic heterocycles. The summed E-state index contributed by atoms with van der Waals surface area (Å²) < 4.78 is 10.9. The second kappa shape index (κ2) is 26.2. The lowest BCUT2D eigenvalue weighted by Crippen LogP contribution is -2.51. The van der Waals surface area contributed by atoms with Crippen LogP contribution in [0.4, 0.5) is 11.4 Å². The van der Waals surface area contributed by atoms with Gasteiger partial charge in [0, 0.05) is 124 Å². The van der Waals surface area contributed by atoms with E-state index in [0.29, 0.717) is 57.7 Å². The van der Waals surface area contributed by atoms with Crippen LogP contribution < -0.4 is 26.5 Å². The number of likely N-dealkylation sites (tertiary alicyclic amines) is 1. The van der Waals surface area contributed by atoms with Gasteiger partial charge in [-0.2, -0.15) is 5.10 Å². The van der Waals surface area contributed by atoms with E-state index in [1.165, 1.54) is 5.56 Å².